The number of rotatable bonds is 6. The van der Waals surface area contributed by atoms with Crippen molar-refractivity contribution in [3.63, 3.8) is 0 Å². The highest BCUT2D eigenvalue weighted by Crippen LogP contribution is 2.32. The predicted molar refractivity (Wildman–Crippen MR) is 67.6 cm³/mol. The van der Waals surface area contributed by atoms with E-state index in [4.69, 9.17) is 0 Å². The van der Waals surface area contributed by atoms with Crippen LogP contribution in [0.25, 0.3) is 0 Å². The van der Waals surface area contributed by atoms with Crippen molar-refractivity contribution in [2.75, 3.05) is 13.1 Å². The predicted octanol–water partition coefficient (Wildman–Crippen LogP) is 1.25. The van der Waals surface area contributed by atoms with E-state index in [1.165, 1.54) is 0 Å². The topological polar surface area (TPSA) is 52.5 Å². The van der Waals surface area contributed by atoms with E-state index in [2.05, 4.69) is 5.32 Å². The molecular formula is C14H21NO2. The second-order valence-electron chi connectivity index (χ2n) is 5.18. The third kappa shape index (κ3) is 3.53. The molecule has 0 saturated heterocycles. The molecule has 1 aromatic rings. The highest BCUT2D eigenvalue weighted by molar-refractivity contribution is 5.21. The lowest BCUT2D eigenvalue weighted by Gasteiger charge is -2.25. The second-order valence-corrected chi connectivity index (χ2v) is 5.18. The molecule has 1 aliphatic rings. The normalized spacial score (nSPS) is 20.9. The molecular weight excluding hydrogens is 214 g/mol. The van der Waals surface area contributed by atoms with Gasteiger partial charge in [0.05, 0.1) is 11.7 Å². The Bertz CT molecular complexity index is 346. The lowest BCUT2D eigenvalue weighted by molar-refractivity contribution is 0.0512. The van der Waals surface area contributed by atoms with Crippen molar-refractivity contribution in [3.8, 4) is 0 Å². The molecule has 0 aromatic heterocycles. The van der Waals surface area contributed by atoms with Crippen molar-refractivity contribution in [1.29, 1.82) is 0 Å². The van der Waals surface area contributed by atoms with Gasteiger partial charge < -0.3 is 15.5 Å². The van der Waals surface area contributed by atoms with Crippen LogP contribution in [-0.4, -0.2) is 29.4 Å². The van der Waals surface area contributed by atoms with Gasteiger partial charge in [-0.25, -0.2) is 0 Å². The van der Waals surface area contributed by atoms with Crippen LogP contribution in [0.5, 0.6) is 0 Å². The van der Waals surface area contributed by atoms with E-state index in [0.717, 1.165) is 18.4 Å². The van der Waals surface area contributed by atoms with Crippen molar-refractivity contribution in [3.05, 3.63) is 35.9 Å². The summed E-state index contributed by atoms with van der Waals surface area (Å²) < 4.78 is 0. The van der Waals surface area contributed by atoms with Gasteiger partial charge in [-0.2, -0.15) is 0 Å². The molecule has 1 aliphatic carbocycles. The van der Waals surface area contributed by atoms with Crippen LogP contribution in [0.1, 0.15) is 25.3 Å². The van der Waals surface area contributed by atoms with Crippen LogP contribution in [0.4, 0.5) is 0 Å². The molecule has 0 spiro atoms. The van der Waals surface area contributed by atoms with E-state index in [9.17, 15) is 10.2 Å². The van der Waals surface area contributed by atoms with E-state index < -0.39 is 5.60 Å². The molecule has 2 atom stereocenters. The molecule has 1 saturated carbocycles. The van der Waals surface area contributed by atoms with Gasteiger partial charge in [-0.15, -0.1) is 0 Å². The van der Waals surface area contributed by atoms with Gasteiger partial charge in [-0.1, -0.05) is 30.3 Å². The van der Waals surface area contributed by atoms with Crippen LogP contribution in [0.3, 0.4) is 0 Å². The zero-order valence-corrected chi connectivity index (χ0v) is 10.3. The van der Waals surface area contributed by atoms with E-state index in [1.807, 2.05) is 30.3 Å². The standard InChI is InChI=1S/C14H21NO2/c1-14(17,12-5-3-2-4-6-12)10-15-9-13(16)11-7-8-11/h2-6,11,13,15-17H,7-10H2,1H3. The van der Waals surface area contributed by atoms with Crippen molar-refractivity contribution in [2.45, 2.75) is 31.5 Å². The monoisotopic (exact) mass is 235 g/mol. The number of hydrogen-bond acceptors (Lipinski definition) is 3. The van der Waals surface area contributed by atoms with Crippen LogP contribution in [0, 0.1) is 5.92 Å². The summed E-state index contributed by atoms with van der Waals surface area (Å²) in [4.78, 5) is 0. The van der Waals surface area contributed by atoms with Crippen molar-refractivity contribution in [2.24, 2.45) is 5.92 Å². The van der Waals surface area contributed by atoms with Gasteiger partial charge in [0.1, 0.15) is 0 Å². The number of hydrogen-bond donors (Lipinski definition) is 3. The van der Waals surface area contributed by atoms with Gasteiger partial charge in [0.25, 0.3) is 0 Å². The highest BCUT2D eigenvalue weighted by atomic mass is 16.3. The first-order valence-corrected chi connectivity index (χ1v) is 6.26. The van der Waals surface area contributed by atoms with Crippen molar-refractivity contribution >= 4 is 0 Å². The molecule has 3 heteroatoms. The lowest BCUT2D eigenvalue weighted by atomic mass is 9.96. The van der Waals surface area contributed by atoms with Gasteiger partial charge in [0, 0.05) is 13.1 Å². The Balaban J connectivity index is 1.80. The van der Waals surface area contributed by atoms with Gasteiger partial charge >= 0.3 is 0 Å². The first-order valence-electron chi connectivity index (χ1n) is 6.26. The minimum atomic E-state index is -0.884. The summed E-state index contributed by atoms with van der Waals surface area (Å²) in [7, 11) is 0. The summed E-state index contributed by atoms with van der Waals surface area (Å²) in [5.74, 6) is 0.476. The lowest BCUT2D eigenvalue weighted by Crippen LogP contribution is -2.39. The zero-order valence-electron chi connectivity index (χ0n) is 10.3. The molecule has 3 nitrogen and oxygen atoms in total. The van der Waals surface area contributed by atoms with E-state index >= 15 is 0 Å². The fourth-order valence-corrected chi connectivity index (χ4v) is 2.01. The quantitative estimate of drug-likeness (QED) is 0.695. The number of benzene rings is 1. The third-order valence-corrected chi connectivity index (χ3v) is 3.38. The number of nitrogens with one attached hydrogen (secondary N) is 1. The molecule has 3 N–H and O–H groups in total. The SMILES string of the molecule is CC(O)(CNCC(O)C1CC1)c1ccccc1. The smallest absolute Gasteiger partial charge is 0.0992 e. The maximum atomic E-state index is 10.3. The van der Waals surface area contributed by atoms with Crippen molar-refractivity contribution < 1.29 is 10.2 Å². The molecule has 0 amide bonds. The van der Waals surface area contributed by atoms with Crippen LogP contribution < -0.4 is 5.32 Å². The summed E-state index contributed by atoms with van der Waals surface area (Å²) in [6, 6.07) is 9.60. The summed E-state index contributed by atoms with van der Waals surface area (Å²) >= 11 is 0. The fourth-order valence-electron chi connectivity index (χ4n) is 2.01. The van der Waals surface area contributed by atoms with Gasteiger partial charge in [0.15, 0.2) is 0 Å². The third-order valence-electron chi connectivity index (χ3n) is 3.38. The van der Waals surface area contributed by atoms with Gasteiger partial charge in [-0.05, 0) is 31.2 Å². The summed E-state index contributed by atoms with van der Waals surface area (Å²) in [6.45, 7) is 2.81. The molecule has 0 aliphatic heterocycles. The summed E-state index contributed by atoms with van der Waals surface area (Å²) in [6.07, 6.45) is 2.01. The Morgan fingerprint density at radius 1 is 1.35 bits per heavy atom. The molecule has 2 rings (SSSR count). The Morgan fingerprint density at radius 2 is 2.00 bits per heavy atom. The van der Waals surface area contributed by atoms with Crippen LogP contribution >= 0.6 is 0 Å². The fraction of sp³-hybridized carbons (Fsp3) is 0.571. The average Bonchev–Trinajstić information content (AvgIpc) is 3.14. The second kappa shape index (κ2) is 5.17. The summed E-state index contributed by atoms with van der Waals surface area (Å²) in [5, 5.41) is 23.2. The Labute approximate surface area is 102 Å². The molecule has 0 bridgehead atoms. The minimum Gasteiger partial charge on any atom is -0.392 e. The first-order chi connectivity index (χ1) is 8.09. The zero-order chi connectivity index (χ0) is 12.3. The Hall–Kier alpha value is -0.900. The highest BCUT2D eigenvalue weighted by Gasteiger charge is 2.30. The molecule has 94 valence electrons. The van der Waals surface area contributed by atoms with Crippen LogP contribution in [0.2, 0.25) is 0 Å². The number of aliphatic hydroxyl groups is 2. The largest absolute Gasteiger partial charge is 0.392 e. The summed E-state index contributed by atoms with van der Waals surface area (Å²) in [5.41, 5.74) is 0.0123. The minimum absolute atomic E-state index is 0.262. The average molecular weight is 235 g/mol. The van der Waals surface area contributed by atoms with Gasteiger partial charge in [0.2, 0.25) is 0 Å². The maximum absolute atomic E-state index is 10.3. The van der Waals surface area contributed by atoms with Crippen LogP contribution in [0.15, 0.2) is 30.3 Å². The van der Waals surface area contributed by atoms with Crippen LogP contribution in [-0.2, 0) is 5.60 Å². The molecule has 0 heterocycles. The van der Waals surface area contributed by atoms with Gasteiger partial charge in [-0.3, -0.25) is 0 Å². The molecule has 1 fully saturated rings. The molecule has 17 heavy (non-hydrogen) atoms. The Morgan fingerprint density at radius 3 is 2.59 bits per heavy atom. The van der Waals surface area contributed by atoms with E-state index in [1.54, 1.807) is 6.92 Å². The first kappa shape index (κ1) is 12.6. The molecule has 2 unspecified atom stereocenters. The molecule has 0 radical (unpaired) electrons. The molecule has 1 aromatic carbocycles. The maximum Gasteiger partial charge on any atom is 0.0992 e. The van der Waals surface area contributed by atoms with E-state index in [0.29, 0.717) is 19.0 Å². The number of aliphatic hydroxyl groups excluding tert-OH is 1. The Kier molecular flexibility index (Phi) is 3.82. The van der Waals surface area contributed by atoms with Crippen molar-refractivity contribution in [1.82, 2.24) is 5.32 Å². The van der Waals surface area contributed by atoms with E-state index in [-0.39, 0.29) is 6.10 Å².